The number of fused-ring (bicyclic) bond motifs is 2. The van der Waals surface area contributed by atoms with E-state index in [1.54, 1.807) is 6.07 Å². The highest BCUT2D eigenvalue weighted by atomic mass is 19.1. The molecule has 56 heavy (non-hydrogen) atoms. The van der Waals surface area contributed by atoms with Crippen LogP contribution in [0.2, 0.25) is 0 Å². The molecule has 0 N–H and O–H groups in total. The van der Waals surface area contributed by atoms with Crippen molar-refractivity contribution in [1.82, 2.24) is 0 Å². The number of halogens is 1. The minimum atomic E-state index is -0.351. The number of anilines is 3. The highest BCUT2D eigenvalue weighted by Gasteiger charge is 2.27. The second kappa shape index (κ2) is 14.8. The lowest BCUT2D eigenvalue weighted by atomic mass is 9.74. The van der Waals surface area contributed by atoms with Gasteiger partial charge in [0, 0.05) is 16.9 Å². The number of benzene rings is 8. The Balaban J connectivity index is 1.25. The third-order valence-corrected chi connectivity index (χ3v) is 10.5. The summed E-state index contributed by atoms with van der Waals surface area (Å²) in [4.78, 5) is 1.94. The first-order valence-corrected chi connectivity index (χ1v) is 19.4. The van der Waals surface area contributed by atoms with Crippen LogP contribution in [0, 0.1) is 5.82 Å². The first kappa shape index (κ1) is 34.3. The summed E-state index contributed by atoms with van der Waals surface area (Å²) >= 11 is 0. The normalized spacial score (nSPS) is 13.0. The zero-order valence-corrected chi connectivity index (χ0v) is 33.0. The van der Waals surface area contributed by atoms with Crippen LogP contribution in [0.3, 0.4) is 0 Å². The van der Waals surface area contributed by atoms with Crippen LogP contribution in [0.4, 0.5) is 21.5 Å². The fourth-order valence-corrected chi connectivity index (χ4v) is 8.16. The van der Waals surface area contributed by atoms with Crippen molar-refractivity contribution in [3.05, 3.63) is 198 Å². The molecule has 0 saturated heterocycles. The number of para-hydroxylation sites is 1. The summed E-state index contributed by atoms with van der Waals surface area (Å²) in [6.07, 6.45) is 0. The van der Waals surface area contributed by atoms with E-state index < -0.39 is 0 Å². The van der Waals surface area contributed by atoms with E-state index in [9.17, 15) is 2.74 Å². The van der Waals surface area contributed by atoms with E-state index in [1.807, 2.05) is 126 Å². The Hall–Kier alpha value is -6.25. The first-order chi connectivity index (χ1) is 27.8. The Labute approximate surface area is 334 Å². The summed E-state index contributed by atoms with van der Waals surface area (Å²) in [5, 5.41) is 4.79. The van der Waals surface area contributed by atoms with Gasteiger partial charge in [0.1, 0.15) is 5.82 Å². The van der Waals surface area contributed by atoms with E-state index in [0.29, 0.717) is 16.8 Å². The van der Waals surface area contributed by atoms with Gasteiger partial charge in [0.15, 0.2) is 0 Å². The lowest BCUT2D eigenvalue weighted by molar-refractivity contribution is 0.593. The maximum Gasteiger partial charge on any atom is 0.148 e. The molecule has 0 aromatic heterocycles. The number of rotatable bonds is 7. The molecule has 0 heterocycles. The minimum Gasteiger partial charge on any atom is -0.307 e. The van der Waals surface area contributed by atoms with Gasteiger partial charge in [0.2, 0.25) is 0 Å². The van der Waals surface area contributed by atoms with E-state index >= 15 is 4.39 Å². The molecule has 0 saturated carbocycles. The number of hydrogen-bond donors (Lipinski definition) is 0. The second-order valence-electron chi connectivity index (χ2n) is 16.6. The van der Waals surface area contributed by atoms with Gasteiger partial charge < -0.3 is 4.90 Å². The Bertz CT molecular complexity index is 2800. The van der Waals surface area contributed by atoms with E-state index in [-0.39, 0.29) is 28.8 Å². The molecule has 0 aliphatic rings. The van der Waals surface area contributed by atoms with Crippen molar-refractivity contribution >= 4 is 50.7 Å². The van der Waals surface area contributed by atoms with Gasteiger partial charge >= 0.3 is 0 Å². The third kappa shape index (κ3) is 7.16. The van der Waals surface area contributed by atoms with Gasteiger partial charge in [-0.25, -0.2) is 4.39 Å². The van der Waals surface area contributed by atoms with Crippen LogP contribution < -0.4 is 4.90 Å². The molecule has 0 radical (unpaired) electrons. The largest absolute Gasteiger partial charge is 0.307 e. The molecule has 276 valence electrons. The van der Waals surface area contributed by atoms with Crippen LogP contribution in [0.5, 0.6) is 0 Å². The molecule has 0 fully saturated rings. The number of hydrogen-bond acceptors (Lipinski definition) is 1. The van der Waals surface area contributed by atoms with Crippen LogP contribution in [-0.2, 0) is 10.8 Å². The SMILES string of the molecule is [2H]/C(=C(/[2H])c1ccc2c(C(C)(C)C)c3ccccc3c(C(C)(C)C)c2c1)c1ccc(N(c2ccccc2)c2c(F)cc(-c3ccccc3)cc2-c2ccccc2)cc1. The molecule has 0 bridgehead atoms. The van der Waals surface area contributed by atoms with Gasteiger partial charge in [-0.3, -0.25) is 0 Å². The van der Waals surface area contributed by atoms with Crippen molar-refractivity contribution in [2.24, 2.45) is 0 Å². The molecule has 0 spiro atoms. The molecule has 0 aliphatic heterocycles. The third-order valence-electron chi connectivity index (χ3n) is 10.5. The molecule has 8 rings (SSSR count). The van der Waals surface area contributed by atoms with Crippen LogP contribution in [0.1, 0.15) is 66.5 Å². The summed E-state index contributed by atoms with van der Waals surface area (Å²) in [6, 6.07) is 56.1. The molecule has 2 heteroatoms. The second-order valence-corrected chi connectivity index (χ2v) is 16.6. The number of nitrogens with zero attached hydrogens (tertiary/aromatic N) is 1. The topological polar surface area (TPSA) is 3.24 Å². The van der Waals surface area contributed by atoms with Gasteiger partial charge in [-0.05, 0) is 114 Å². The Morgan fingerprint density at radius 2 is 0.911 bits per heavy atom. The Kier molecular flexibility index (Phi) is 9.03. The van der Waals surface area contributed by atoms with Crippen LogP contribution in [0.25, 0.3) is 55.9 Å². The van der Waals surface area contributed by atoms with Crippen molar-refractivity contribution in [3.63, 3.8) is 0 Å². The van der Waals surface area contributed by atoms with Crippen LogP contribution >= 0.6 is 0 Å². The Morgan fingerprint density at radius 3 is 1.50 bits per heavy atom. The van der Waals surface area contributed by atoms with E-state index in [1.165, 1.54) is 27.3 Å². The minimum absolute atomic E-state index is 0.111. The predicted molar refractivity (Wildman–Crippen MR) is 240 cm³/mol. The van der Waals surface area contributed by atoms with Gasteiger partial charge in [-0.2, -0.15) is 0 Å². The lowest BCUT2D eigenvalue weighted by Gasteiger charge is -2.30. The van der Waals surface area contributed by atoms with Crippen LogP contribution in [-0.4, -0.2) is 0 Å². The van der Waals surface area contributed by atoms with E-state index in [2.05, 4.69) is 84.0 Å². The highest BCUT2D eigenvalue weighted by molar-refractivity contribution is 6.08. The fraction of sp³-hybridized carbons (Fsp3) is 0.148. The van der Waals surface area contributed by atoms with Crippen molar-refractivity contribution in [1.29, 1.82) is 0 Å². The quantitative estimate of drug-likeness (QED) is 0.117. The van der Waals surface area contributed by atoms with Gasteiger partial charge in [-0.15, -0.1) is 0 Å². The zero-order valence-electron chi connectivity index (χ0n) is 35.0. The van der Waals surface area contributed by atoms with Crippen molar-refractivity contribution in [3.8, 4) is 22.3 Å². The Morgan fingerprint density at radius 1 is 0.446 bits per heavy atom. The summed E-state index contributed by atoms with van der Waals surface area (Å²) < 4.78 is 35.6. The van der Waals surface area contributed by atoms with Crippen LogP contribution in [0.15, 0.2) is 170 Å². The average Bonchev–Trinajstić information content (AvgIpc) is 3.23. The van der Waals surface area contributed by atoms with Gasteiger partial charge in [0.25, 0.3) is 0 Å². The first-order valence-electron chi connectivity index (χ1n) is 20.4. The summed E-state index contributed by atoms with van der Waals surface area (Å²) in [7, 11) is 0. The molecular formula is C54H48FN. The van der Waals surface area contributed by atoms with Crippen molar-refractivity contribution in [2.75, 3.05) is 4.90 Å². The van der Waals surface area contributed by atoms with Crippen molar-refractivity contribution in [2.45, 2.75) is 52.4 Å². The van der Waals surface area contributed by atoms with E-state index in [0.717, 1.165) is 39.0 Å². The maximum atomic E-state index is 16.9. The standard InChI is InChI=1S/C54H48FN/c1-53(2,3)50-44-24-16-17-25-45(44)51(54(4,5)6)48-34-38(30-33-46(48)50)27-26-37-28-31-43(32-29-37)56(42-22-14-9-15-23-42)52-47(40-20-12-8-13-21-40)35-41(36-49(52)55)39-18-10-7-11-19-39/h7-36H,1-6H3/b27-26+/i26D,27D. The molecule has 0 unspecified atom stereocenters. The molecule has 0 aliphatic carbocycles. The smallest absolute Gasteiger partial charge is 0.148 e. The van der Waals surface area contributed by atoms with Gasteiger partial charge in [-0.1, -0.05) is 181 Å². The van der Waals surface area contributed by atoms with E-state index in [4.69, 9.17) is 0 Å². The molecule has 8 aromatic rings. The zero-order chi connectivity index (χ0) is 40.8. The summed E-state index contributed by atoms with van der Waals surface area (Å²) in [5.41, 5.74) is 8.92. The molecular weight excluding hydrogens is 682 g/mol. The maximum absolute atomic E-state index is 16.9. The van der Waals surface area contributed by atoms with Gasteiger partial charge in [0.05, 0.1) is 8.43 Å². The lowest BCUT2D eigenvalue weighted by Crippen LogP contribution is -2.17. The summed E-state index contributed by atoms with van der Waals surface area (Å²) in [6.45, 7) is 13.5. The molecule has 1 nitrogen and oxygen atoms in total. The van der Waals surface area contributed by atoms with Crippen molar-refractivity contribution < 1.29 is 7.13 Å². The fourth-order valence-electron chi connectivity index (χ4n) is 8.16. The molecule has 8 aromatic carbocycles. The predicted octanol–water partition coefficient (Wildman–Crippen LogP) is 15.7. The highest BCUT2D eigenvalue weighted by Crippen LogP contribution is 2.46. The molecule has 0 atom stereocenters. The average molecular weight is 732 g/mol. The monoisotopic (exact) mass is 731 g/mol. The summed E-state index contributed by atoms with van der Waals surface area (Å²) in [5.74, 6) is -0.351. The molecule has 0 amide bonds.